The van der Waals surface area contributed by atoms with Gasteiger partial charge < -0.3 is 9.64 Å². The molecule has 0 aromatic carbocycles. The molecule has 1 aliphatic heterocycles. The van der Waals surface area contributed by atoms with Crippen molar-refractivity contribution < 1.29 is 14.3 Å². The summed E-state index contributed by atoms with van der Waals surface area (Å²) in [6.07, 6.45) is 2.08. The van der Waals surface area contributed by atoms with Crippen molar-refractivity contribution in [1.82, 2.24) is 9.80 Å². The van der Waals surface area contributed by atoms with E-state index in [0.29, 0.717) is 6.04 Å². The van der Waals surface area contributed by atoms with Crippen LogP contribution >= 0.6 is 0 Å². The Labute approximate surface area is 103 Å². The van der Waals surface area contributed by atoms with Gasteiger partial charge in [-0.2, -0.15) is 0 Å². The lowest BCUT2D eigenvalue weighted by Crippen LogP contribution is -2.43. The number of morpholine rings is 1. The van der Waals surface area contributed by atoms with Gasteiger partial charge in [0.1, 0.15) is 0 Å². The highest BCUT2D eigenvalue weighted by Crippen LogP contribution is 2.04. The summed E-state index contributed by atoms with van der Waals surface area (Å²) in [5, 5.41) is 0. The summed E-state index contributed by atoms with van der Waals surface area (Å²) in [5.41, 5.74) is 0. The third-order valence-corrected chi connectivity index (χ3v) is 3.05. The zero-order valence-corrected chi connectivity index (χ0v) is 10.9. The number of hydrogen-bond acceptors (Lipinski definition) is 5. The van der Waals surface area contributed by atoms with Gasteiger partial charge in [0, 0.05) is 6.04 Å². The average Bonchev–Trinajstić information content (AvgIpc) is 2.22. The molecule has 0 spiro atoms. The van der Waals surface area contributed by atoms with Crippen molar-refractivity contribution in [2.45, 2.75) is 32.7 Å². The summed E-state index contributed by atoms with van der Waals surface area (Å²) in [6, 6.07) is 0.557. The lowest BCUT2D eigenvalue weighted by atomic mass is 10.2. The Bertz CT molecular complexity index is 263. The second kappa shape index (κ2) is 6.71. The van der Waals surface area contributed by atoms with Gasteiger partial charge in [0.05, 0.1) is 13.1 Å². The Hall–Kier alpha value is -0.940. The fourth-order valence-electron chi connectivity index (χ4n) is 1.73. The minimum atomic E-state index is -0.430. The molecule has 0 unspecified atom stereocenters. The highest BCUT2D eigenvalue weighted by Gasteiger charge is 2.23. The van der Waals surface area contributed by atoms with Gasteiger partial charge in [-0.1, -0.05) is 0 Å². The number of ether oxygens (including phenoxy) is 1. The van der Waals surface area contributed by atoms with Crippen molar-refractivity contribution in [3.63, 3.8) is 0 Å². The summed E-state index contributed by atoms with van der Waals surface area (Å²) in [5.74, 6) is -0.860. The zero-order chi connectivity index (χ0) is 12.8. The molecule has 0 aromatic heterocycles. The number of esters is 2. The number of cyclic esters (lactones) is 2. The van der Waals surface area contributed by atoms with Crippen LogP contribution < -0.4 is 0 Å². The van der Waals surface area contributed by atoms with E-state index in [1.165, 1.54) is 0 Å². The Kier molecular flexibility index (Phi) is 5.58. The van der Waals surface area contributed by atoms with Crippen LogP contribution in [0.5, 0.6) is 0 Å². The van der Waals surface area contributed by atoms with E-state index in [2.05, 4.69) is 30.5 Å². The van der Waals surface area contributed by atoms with E-state index in [1.54, 1.807) is 0 Å². The van der Waals surface area contributed by atoms with Crippen LogP contribution in [0.4, 0.5) is 0 Å². The van der Waals surface area contributed by atoms with Crippen molar-refractivity contribution in [1.29, 1.82) is 0 Å². The van der Waals surface area contributed by atoms with Crippen LogP contribution in [0.1, 0.15) is 26.7 Å². The highest BCUT2D eigenvalue weighted by atomic mass is 16.6. The molecule has 0 amide bonds. The highest BCUT2D eigenvalue weighted by molar-refractivity contribution is 5.90. The maximum atomic E-state index is 11.0. The largest absolute Gasteiger partial charge is 0.391 e. The summed E-state index contributed by atoms with van der Waals surface area (Å²) >= 11 is 0. The van der Waals surface area contributed by atoms with Crippen LogP contribution in [0.15, 0.2) is 0 Å². The second-order valence-electron chi connectivity index (χ2n) is 4.84. The maximum Gasteiger partial charge on any atom is 0.327 e. The van der Waals surface area contributed by atoms with Gasteiger partial charge in [0.2, 0.25) is 0 Å². The lowest BCUT2D eigenvalue weighted by Gasteiger charge is -2.25. The Morgan fingerprint density at radius 1 is 1.24 bits per heavy atom. The third-order valence-electron chi connectivity index (χ3n) is 3.05. The lowest BCUT2D eigenvalue weighted by molar-refractivity contribution is -0.166. The van der Waals surface area contributed by atoms with Gasteiger partial charge in [-0.05, 0) is 46.8 Å². The van der Waals surface area contributed by atoms with Crippen LogP contribution in [0, 0.1) is 0 Å². The SMILES string of the molecule is CC(C)N(C)CCCCN1CC(=O)OC(=O)C1. The van der Waals surface area contributed by atoms with Gasteiger partial charge >= 0.3 is 11.9 Å². The molecule has 0 atom stereocenters. The topological polar surface area (TPSA) is 49.9 Å². The van der Waals surface area contributed by atoms with E-state index in [9.17, 15) is 9.59 Å². The van der Waals surface area contributed by atoms with Gasteiger partial charge in [-0.25, -0.2) is 0 Å². The number of hydrogen-bond donors (Lipinski definition) is 0. The Balaban J connectivity index is 2.14. The standard InChI is InChI=1S/C12H22N2O3/c1-10(2)13(3)6-4-5-7-14-8-11(15)17-12(16)9-14/h10H,4-9H2,1-3H3. The minimum Gasteiger partial charge on any atom is -0.391 e. The molecule has 1 rings (SSSR count). The van der Waals surface area contributed by atoms with E-state index in [1.807, 2.05) is 4.90 Å². The van der Waals surface area contributed by atoms with Gasteiger partial charge in [0.15, 0.2) is 0 Å². The zero-order valence-electron chi connectivity index (χ0n) is 10.9. The van der Waals surface area contributed by atoms with Crippen LogP contribution in [0.2, 0.25) is 0 Å². The predicted octanol–water partition coefficient (Wildman–Crippen LogP) is 0.492. The fourth-order valence-corrected chi connectivity index (χ4v) is 1.73. The Morgan fingerprint density at radius 2 is 1.82 bits per heavy atom. The molecule has 0 radical (unpaired) electrons. The predicted molar refractivity (Wildman–Crippen MR) is 64.5 cm³/mol. The van der Waals surface area contributed by atoms with Crippen LogP contribution in [0.3, 0.4) is 0 Å². The number of carbonyl (C=O) groups is 2. The molecule has 1 aliphatic rings. The molecule has 0 bridgehead atoms. The number of rotatable bonds is 6. The molecule has 17 heavy (non-hydrogen) atoms. The summed E-state index contributed by atoms with van der Waals surface area (Å²) in [6.45, 7) is 6.65. The van der Waals surface area contributed by atoms with Crippen LogP contribution in [-0.2, 0) is 14.3 Å². The van der Waals surface area contributed by atoms with E-state index < -0.39 is 11.9 Å². The molecule has 0 N–H and O–H groups in total. The molecule has 1 saturated heterocycles. The monoisotopic (exact) mass is 242 g/mol. The minimum absolute atomic E-state index is 0.242. The number of unbranched alkanes of at least 4 members (excludes halogenated alkanes) is 1. The molecule has 98 valence electrons. The summed E-state index contributed by atoms with van der Waals surface area (Å²) in [7, 11) is 2.10. The first-order valence-electron chi connectivity index (χ1n) is 6.15. The van der Waals surface area contributed by atoms with Crippen molar-refractivity contribution in [2.75, 3.05) is 33.2 Å². The fraction of sp³-hybridized carbons (Fsp3) is 0.833. The van der Waals surface area contributed by atoms with Crippen LogP contribution in [-0.4, -0.2) is 61.0 Å². The van der Waals surface area contributed by atoms with Gasteiger partial charge in [0.25, 0.3) is 0 Å². The van der Waals surface area contributed by atoms with Gasteiger partial charge in [-0.15, -0.1) is 0 Å². The normalized spacial score (nSPS) is 17.9. The van der Waals surface area contributed by atoms with Crippen molar-refractivity contribution in [3.05, 3.63) is 0 Å². The molecule has 0 aliphatic carbocycles. The van der Waals surface area contributed by atoms with E-state index in [-0.39, 0.29) is 13.1 Å². The third kappa shape index (κ3) is 5.28. The molecule has 5 nitrogen and oxygen atoms in total. The average molecular weight is 242 g/mol. The smallest absolute Gasteiger partial charge is 0.327 e. The molecule has 1 heterocycles. The number of nitrogens with zero attached hydrogens (tertiary/aromatic N) is 2. The molecular weight excluding hydrogens is 220 g/mol. The van der Waals surface area contributed by atoms with E-state index >= 15 is 0 Å². The van der Waals surface area contributed by atoms with E-state index in [4.69, 9.17) is 0 Å². The van der Waals surface area contributed by atoms with Gasteiger partial charge in [-0.3, -0.25) is 14.5 Å². The second-order valence-corrected chi connectivity index (χ2v) is 4.84. The van der Waals surface area contributed by atoms with Crippen molar-refractivity contribution in [2.24, 2.45) is 0 Å². The summed E-state index contributed by atoms with van der Waals surface area (Å²) in [4.78, 5) is 26.2. The molecule has 1 fully saturated rings. The molecule has 0 aromatic rings. The molecular formula is C12H22N2O3. The maximum absolute atomic E-state index is 11.0. The first-order valence-corrected chi connectivity index (χ1v) is 6.15. The Morgan fingerprint density at radius 3 is 2.35 bits per heavy atom. The molecule has 5 heteroatoms. The number of carbonyl (C=O) groups excluding carboxylic acids is 2. The van der Waals surface area contributed by atoms with Crippen molar-refractivity contribution >= 4 is 11.9 Å². The molecule has 0 saturated carbocycles. The summed E-state index contributed by atoms with van der Waals surface area (Å²) < 4.78 is 4.46. The van der Waals surface area contributed by atoms with Crippen molar-refractivity contribution in [3.8, 4) is 0 Å². The first kappa shape index (κ1) is 14.1. The first-order chi connectivity index (χ1) is 7.99. The van der Waals surface area contributed by atoms with E-state index in [0.717, 1.165) is 25.9 Å². The van der Waals surface area contributed by atoms with Crippen LogP contribution in [0.25, 0.3) is 0 Å². The quantitative estimate of drug-likeness (QED) is 0.385.